The Morgan fingerprint density at radius 3 is 2.21 bits per heavy atom. The summed E-state index contributed by atoms with van der Waals surface area (Å²) in [5.41, 5.74) is 1.57. The molecule has 1 atom stereocenters. The molecule has 1 aliphatic rings. The Bertz CT molecular complexity index is 1530. The molecule has 1 aliphatic heterocycles. The number of benzene rings is 3. The third kappa shape index (κ3) is 6.29. The first kappa shape index (κ1) is 27.9. The predicted octanol–water partition coefficient (Wildman–Crippen LogP) is 4.50. The largest absolute Gasteiger partial charge is 0.497 e. The van der Waals surface area contributed by atoms with Gasteiger partial charge in [-0.2, -0.15) is 4.31 Å². The van der Waals surface area contributed by atoms with Gasteiger partial charge in [-0.3, -0.25) is 9.52 Å². The van der Waals surface area contributed by atoms with Crippen LogP contribution in [0, 0.1) is 12.8 Å². The van der Waals surface area contributed by atoms with Gasteiger partial charge in [0.2, 0.25) is 15.9 Å². The Labute approximate surface area is 227 Å². The van der Waals surface area contributed by atoms with E-state index in [9.17, 15) is 21.6 Å². The standard InChI is InChI=1S/C26H28ClN3O6S2/c1-18-5-6-21(16-25(18)27)29-37(32,33)23-11-7-20(8-12-23)28-26(31)19-4-3-15-30(17-19)38(34,35)24-13-9-22(36-2)10-14-24/h5-14,16,19,29H,3-4,15,17H2,1-2H3,(H,28,31)/t19-/m0/s1. The van der Waals surface area contributed by atoms with E-state index in [0.29, 0.717) is 41.5 Å². The SMILES string of the molecule is COc1ccc(S(=O)(=O)N2CCC[C@H](C(=O)Nc3ccc(S(=O)(=O)Nc4ccc(C)c(Cl)c4)cc3)C2)cc1. The number of hydrogen-bond acceptors (Lipinski definition) is 6. The highest BCUT2D eigenvalue weighted by molar-refractivity contribution is 7.92. The van der Waals surface area contributed by atoms with Crippen LogP contribution in [0.25, 0.3) is 0 Å². The van der Waals surface area contributed by atoms with E-state index in [1.807, 2.05) is 6.92 Å². The lowest BCUT2D eigenvalue weighted by Crippen LogP contribution is -2.43. The van der Waals surface area contributed by atoms with Crippen molar-refractivity contribution in [2.24, 2.45) is 5.92 Å². The van der Waals surface area contributed by atoms with Crippen LogP contribution >= 0.6 is 11.6 Å². The Kier molecular flexibility index (Phi) is 8.31. The summed E-state index contributed by atoms with van der Waals surface area (Å²) in [5.74, 6) is -0.329. The van der Waals surface area contributed by atoms with E-state index in [0.717, 1.165) is 5.56 Å². The number of hydrogen-bond donors (Lipinski definition) is 2. The van der Waals surface area contributed by atoms with Crippen molar-refractivity contribution >= 4 is 48.9 Å². The van der Waals surface area contributed by atoms with Crippen molar-refractivity contribution in [2.45, 2.75) is 29.6 Å². The topological polar surface area (TPSA) is 122 Å². The number of sulfonamides is 2. The normalized spacial score (nSPS) is 16.6. The molecule has 0 aliphatic carbocycles. The molecular formula is C26H28ClN3O6S2. The molecular weight excluding hydrogens is 550 g/mol. The highest BCUT2D eigenvalue weighted by Crippen LogP contribution is 2.27. The number of piperidine rings is 1. The van der Waals surface area contributed by atoms with Gasteiger partial charge in [0.25, 0.3) is 10.0 Å². The number of halogens is 1. The fourth-order valence-electron chi connectivity index (χ4n) is 4.10. The average molecular weight is 578 g/mol. The van der Waals surface area contributed by atoms with Gasteiger partial charge in [0, 0.05) is 23.8 Å². The highest BCUT2D eigenvalue weighted by Gasteiger charge is 2.33. The van der Waals surface area contributed by atoms with Crippen molar-refractivity contribution in [1.29, 1.82) is 0 Å². The zero-order valence-corrected chi connectivity index (χ0v) is 23.2. The van der Waals surface area contributed by atoms with Gasteiger partial charge < -0.3 is 10.1 Å². The van der Waals surface area contributed by atoms with Gasteiger partial charge in [0.1, 0.15) is 5.75 Å². The summed E-state index contributed by atoms with van der Waals surface area (Å²) in [4.78, 5) is 13.1. The molecule has 0 bridgehead atoms. The lowest BCUT2D eigenvalue weighted by atomic mass is 9.99. The molecule has 202 valence electrons. The first-order valence-corrected chi connectivity index (χ1v) is 15.1. The molecule has 1 fully saturated rings. The van der Waals surface area contributed by atoms with Gasteiger partial charge in [0.15, 0.2) is 0 Å². The van der Waals surface area contributed by atoms with Crippen LogP contribution in [0.15, 0.2) is 76.5 Å². The lowest BCUT2D eigenvalue weighted by Gasteiger charge is -2.31. The number of ether oxygens (including phenoxy) is 1. The molecule has 1 heterocycles. The van der Waals surface area contributed by atoms with Crippen molar-refractivity contribution in [1.82, 2.24) is 4.31 Å². The van der Waals surface area contributed by atoms with Gasteiger partial charge in [-0.05, 0) is 86.0 Å². The lowest BCUT2D eigenvalue weighted by molar-refractivity contribution is -0.120. The van der Waals surface area contributed by atoms with Crippen LogP contribution in [-0.2, 0) is 24.8 Å². The second kappa shape index (κ2) is 11.3. The third-order valence-electron chi connectivity index (χ3n) is 6.31. The molecule has 38 heavy (non-hydrogen) atoms. The molecule has 0 aromatic heterocycles. The Hall–Kier alpha value is -3.12. The Morgan fingerprint density at radius 2 is 1.58 bits per heavy atom. The van der Waals surface area contributed by atoms with Crippen molar-refractivity contribution in [3.8, 4) is 5.75 Å². The number of carbonyl (C=O) groups excluding carboxylic acids is 1. The minimum absolute atomic E-state index is 0.0154. The molecule has 0 spiro atoms. The molecule has 3 aromatic carbocycles. The summed E-state index contributed by atoms with van der Waals surface area (Å²) in [7, 11) is -6.13. The van der Waals surface area contributed by atoms with Gasteiger partial charge in [-0.15, -0.1) is 0 Å². The molecule has 2 N–H and O–H groups in total. The molecule has 1 saturated heterocycles. The predicted molar refractivity (Wildman–Crippen MR) is 147 cm³/mol. The monoisotopic (exact) mass is 577 g/mol. The van der Waals surface area contributed by atoms with E-state index in [1.54, 1.807) is 24.3 Å². The first-order valence-electron chi connectivity index (χ1n) is 11.8. The van der Waals surface area contributed by atoms with E-state index in [1.165, 1.54) is 53.9 Å². The molecule has 0 radical (unpaired) electrons. The molecule has 3 aromatic rings. The molecule has 4 rings (SSSR count). The fraction of sp³-hybridized carbons (Fsp3) is 0.269. The van der Waals surface area contributed by atoms with E-state index in [2.05, 4.69) is 10.0 Å². The maximum absolute atomic E-state index is 13.1. The van der Waals surface area contributed by atoms with Gasteiger partial charge in [-0.1, -0.05) is 17.7 Å². The summed E-state index contributed by atoms with van der Waals surface area (Å²) >= 11 is 6.08. The van der Waals surface area contributed by atoms with E-state index in [-0.39, 0.29) is 22.2 Å². The van der Waals surface area contributed by atoms with Crippen molar-refractivity contribution in [2.75, 3.05) is 30.2 Å². The summed E-state index contributed by atoms with van der Waals surface area (Å²) in [6.07, 6.45) is 1.08. The van der Waals surface area contributed by atoms with E-state index < -0.39 is 26.0 Å². The molecule has 12 heteroatoms. The summed E-state index contributed by atoms with van der Waals surface area (Å²) in [6, 6.07) is 16.7. The van der Waals surface area contributed by atoms with Crippen LogP contribution in [0.4, 0.5) is 11.4 Å². The number of methoxy groups -OCH3 is 1. The van der Waals surface area contributed by atoms with Crippen LogP contribution in [0.1, 0.15) is 18.4 Å². The van der Waals surface area contributed by atoms with Crippen LogP contribution in [0.2, 0.25) is 5.02 Å². The van der Waals surface area contributed by atoms with Gasteiger partial charge >= 0.3 is 0 Å². The van der Waals surface area contributed by atoms with Crippen molar-refractivity contribution in [3.63, 3.8) is 0 Å². The number of anilines is 2. The van der Waals surface area contributed by atoms with Crippen LogP contribution in [-0.4, -0.2) is 47.2 Å². The second-order valence-corrected chi connectivity index (χ2v) is 13.0. The summed E-state index contributed by atoms with van der Waals surface area (Å²) in [6.45, 7) is 2.19. The van der Waals surface area contributed by atoms with E-state index >= 15 is 0 Å². The maximum atomic E-state index is 13.1. The number of rotatable bonds is 8. The second-order valence-electron chi connectivity index (χ2n) is 8.96. The number of aryl methyl sites for hydroxylation is 1. The van der Waals surface area contributed by atoms with Gasteiger partial charge in [0.05, 0.1) is 28.5 Å². The smallest absolute Gasteiger partial charge is 0.261 e. The Balaban J connectivity index is 1.40. The summed E-state index contributed by atoms with van der Waals surface area (Å²) in [5, 5.41) is 3.22. The van der Waals surface area contributed by atoms with Crippen molar-refractivity contribution < 1.29 is 26.4 Å². The minimum Gasteiger partial charge on any atom is -0.497 e. The number of amides is 1. The summed E-state index contributed by atoms with van der Waals surface area (Å²) < 4.78 is 60.6. The van der Waals surface area contributed by atoms with Crippen molar-refractivity contribution in [3.05, 3.63) is 77.3 Å². The zero-order valence-electron chi connectivity index (χ0n) is 20.8. The number of nitrogens with one attached hydrogen (secondary N) is 2. The van der Waals surface area contributed by atoms with Crippen LogP contribution < -0.4 is 14.8 Å². The molecule has 0 unspecified atom stereocenters. The third-order valence-corrected chi connectivity index (χ3v) is 9.99. The van der Waals surface area contributed by atoms with Gasteiger partial charge in [-0.25, -0.2) is 16.8 Å². The fourth-order valence-corrected chi connectivity index (χ4v) is 6.86. The highest BCUT2D eigenvalue weighted by atomic mass is 35.5. The van der Waals surface area contributed by atoms with Crippen LogP contribution in [0.3, 0.4) is 0 Å². The maximum Gasteiger partial charge on any atom is 0.261 e. The quantitative estimate of drug-likeness (QED) is 0.406. The minimum atomic E-state index is -3.87. The average Bonchev–Trinajstić information content (AvgIpc) is 2.91. The number of nitrogens with zero attached hydrogens (tertiary/aromatic N) is 1. The number of carbonyl (C=O) groups is 1. The molecule has 1 amide bonds. The molecule has 0 saturated carbocycles. The first-order chi connectivity index (χ1) is 18.0. The Morgan fingerprint density at radius 1 is 0.947 bits per heavy atom. The van der Waals surface area contributed by atoms with Crippen LogP contribution in [0.5, 0.6) is 5.75 Å². The van der Waals surface area contributed by atoms with E-state index in [4.69, 9.17) is 16.3 Å². The zero-order chi connectivity index (χ0) is 27.5. The molecule has 9 nitrogen and oxygen atoms in total.